The van der Waals surface area contributed by atoms with Gasteiger partial charge in [0.2, 0.25) is 15.9 Å². The average molecular weight is 679 g/mol. The molecule has 13 heteroatoms. The number of amides is 1. The van der Waals surface area contributed by atoms with Crippen molar-refractivity contribution in [2.24, 2.45) is 0 Å². The van der Waals surface area contributed by atoms with Crippen LogP contribution in [0, 0.1) is 6.92 Å². The van der Waals surface area contributed by atoms with E-state index in [2.05, 4.69) is 5.32 Å². The summed E-state index contributed by atoms with van der Waals surface area (Å²) < 4.78 is 56.4. The van der Waals surface area contributed by atoms with Crippen molar-refractivity contribution in [1.82, 2.24) is 4.31 Å². The predicted molar refractivity (Wildman–Crippen MR) is 170 cm³/mol. The van der Waals surface area contributed by atoms with Crippen LogP contribution in [0.3, 0.4) is 0 Å². The molecule has 0 unspecified atom stereocenters. The number of carbonyl (C=O) groups is 1. The number of hydrogen-bond donors (Lipinski definition) is 1. The Bertz CT molecular complexity index is 1900. The zero-order valence-corrected chi connectivity index (χ0v) is 26.7. The maximum absolute atomic E-state index is 13.7. The topological polar surface area (TPSA) is 104 Å². The monoisotopic (exact) mass is 677 g/mol. The quantitative estimate of drug-likeness (QED) is 0.217. The van der Waals surface area contributed by atoms with Gasteiger partial charge in [-0.2, -0.15) is 4.31 Å². The minimum atomic E-state index is -4.10. The summed E-state index contributed by atoms with van der Waals surface area (Å²) >= 11 is 18.1. The molecule has 0 aromatic heterocycles. The van der Waals surface area contributed by atoms with Gasteiger partial charge in [0.1, 0.15) is 0 Å². The molecule has 1 amide bonds. The summed E-state index contributed by atoms with van der Waals surface area (Å²) in [6.07, 6.45) is 0.503. The van der Waals surface area contributed by atoms with E-state index >= 15 is 0 Å². The van der Waals surface area contributed by atoms with Crippen LogP contribution in [0.4, 0.5) is 11.4 Å². The zero-order chi connectivity index (χ0) is 30.9. The van der Waals surface area contributed by atoms with Crippen molar-refractivity contribution in [1.29, 1.82) is 0 Å². The molecule has 0 atom stereocenters. The molecule has 1 heterocycles. The Hall–Kier alpha value is -3.12. The number of nitrogens with zero attached hydrogens (tertiary/aromatic N) is 2. The van der Waals surface area contributed by atoms with Gasteiger partial charge >= 0.3 is 0 Å². The number of sulfonamides is 2. The van der Waals surface area contributed by atoms with Gasteiger partial charge in [0.05, 0.1) is 32.1 Å². The van der Waals surface area contributed by atoms with Gasteiger partial charge in [-0.25, -0.2) is 16.8 Å². The fourth-order valence-corrected chi connectivity index (χ4v) is 8.02. The van der Waals surface area contributed by atoms with E-state index in [9.17, 15) is 21.6 Å². The van der Waals surface area contributed by atoms with Crippen LogP contribution in [0.2, 0.25) is 15.1 Å². The van der Waals surface area contributed by atoms with Gasteiger partial charge in [-0.15, -0.1) is 0 Å². The van der Waals surface area contributed by atoms with Crippen molar-refractivity contribution in [3.8, 4) is 0 Å². The Morgan fingerprint density at radius 3 is 2.19 bits per heavy atom. The van der Waals surface area contributed by atoms with Crippen LogP contribution in [-0.4, -0.2) is 40.1 Å². The van der Waals surface area contributed by atoms with E-state index in [-0.39, 0.29) is 27.9 Å². The molecule has 0 saturated carbocycles. The molecule has 5 rings (SSSR count). The van der Waals surface area contributed by atoms with Gasteiger partial charge in [-0.3, -0.25) is 9.10 Å². The number of benzene rings is 4. The number of aryl methyl sites for hydroxylation is 1. The van der Waals surface area contributed by atoms with Crippen LogP contribution in [-0.2, 0) is 37.8 Å². The Labute approximate surface area is 265 Å². The fraction of sp³-hybridized carbons (Fsp3) is 0.167. The van der Waals surface area contributed by atoms with E-state index in [1.165, 1.54) is 40.7 Å². The first-order chi connectivity index (χ1) is 20.3. The number of anilines is 2. The molecule has 43 heavy (non-hydrogen) atoms. The predicted octanol–water partition coefficient (Wildman–Crippen LogP) is 6.54. The molecule has 0 radical (unpaired) electrons. The van der Waals surface area contributed by atoms with Gasteiger partial charge in [-0.05, 0) is 85.1 Å². The van der Waals surface area contributed by atoms with Crippen molar-refractivity contribution in [2.45, 2.75) is 29.7 Å². The number of fused-ring (bicyclic) bond motifs is 1. The highest BCUT2D eigenvalue weighted by atomic mass is 35.5. The largest absolute Gasteiger partial charge is 0.325 e. The first-order valence-corrected chi connectivity index (χ1v) is 17.1. The van der Waals surface area contributed by atoms with Gasteiger partial charge in [0.25, 0.3) is 10.0 Å². The Balaban J connectivity index is 1.40. The second-order valence-corrected chi connectivity index (χ2v) is 15.1. The van der Waals surface area contributed by atoms with E-state index in [0.717, 1.165) is 15.4 Å². The van der Waals surface area contributed by atoms with Crippen molar-refractivity contribution >= 4 is 72.1 Å². The van der Waals surface area contributed by atoms with E-state index in [4.69, 9.17) is 34.8 Å². The Morgan fingerprint density at radius 1 is 0.837 bits per heavy atom. The molecule has 0 fully saturated rings. The standard InChI is InChI=1S/C30H26Cl3N3O5S2/c1-20-2-9-25(10-3-20)42(38,39)35(18-21-4-13-27(32)28(33)16-21)19-30(37)34-24-8-5-22-14-15-36(29(22)17-24)43(40,41)26-11-6-23(31)7-12-26/h2-13,16-17H,14-15,18-19H2,1H3,(H,34,37). The van der Waals surface area contributed by atoms with Crippen LogP contribution < -0.4 is 9.62 Å². The molecular formula is C30H26Cl3N3O5S2. The highest BCUT2D eigenvalue weighted by Crippen LogP contribution is 2.35. The maximum Gasteiger partial charge on any atom is 0.264 e. The van der Waals surface area contributed by atoms with Gasteiger partial charge in [-0.1, -0.05) is 64.6 Å². The van der Waals surface area contributed by atoms with Gasteiger partial charge in [0.15, 0.2) is 0 Å². The lowest BCUT2D eigenvalue weighted by atomic mass is 10.1. The minimum absolute atomic E-state index is 0.0338. The van der Waals surface area contributed by atoms with Gasteiger partial charge < -0.3 is 5.32 Å². The fourth-order valence-electron chi connectivity index (χ4n) is 4.70. The molecule has 1 aliphatic heterocycles. The van der Waals surface area contributed by atoms with Crippen LogP contribution in [0.15, 0.2) is 94.7 Å². The Kier molecular flexibility index (Phi) is 9.08. The molecule has 0 bridgehead atoms. The summed E-state index contributed by atoms with van der Waals surface area (Å²) in [7, 11) is -7.97. The summed E-state index contributed by atoms with van der Waals surface area (Å²) in [5, 5.41) is 3.73. The van der Waals surface area contributed by atoms with E-state index in [1.807, 2.05) is 6.92 Å². The van der Waals surface area contributed by atoms with Crippen molar-refractivity contribution in [3.05, 3.63) is 117 Å². The summed E-state index contributed by atoms with van der Waals surface area (Å²) in [5.74, 6) is -0.610. The van der Waals surface area contributed by atoms with Gasteiger partial charge in [0, 0.05) is 23.8 Å². The molecule has 1 aliphatic rings. The third-order valence-corrected chi connectivity index (χ3v) is 11.6. The first kappa shape index (κ1) is 31.3. The second-order valence-electron chi connectivity index (χ2n) is 10.0. The summed E-state index contributed by atoms with van der Waals surface area (Å²) in [6, 6.07) is 22.0. The smallest absolute Gasteiger partial charge is 0.264 e. The SMILES string of the molecule is Cc1ccc(S(=O)(=O)N(CC(=O)Nc2ccc3c(c2)N(S(=O)(=O)c2ccc(Cl)cc2)CC3)Cc2ccc(Cl)c(Cl)c2)cc1. The number of rotatable bonds is 9. The number of nitrogens with one attached hydrogen (secondary N) is 1. The van der Waals surface area contributed by atoms with Crippen LogP contribution in [0.25, 0.3) is 0 Å². The lowest BCUT2D eigenvalue weighted by molar-refractivity contribution is -0.116. The summed E-state index contributed by atoms with van der Waals surface area (Å²) in [4.78, 5) is 13.4. The van der Waals surface area contributed by atoms with E-state index < -0.39 is 32.5 Å². The van der Waals surface area contributed by atoms with Crippen LogP contribution >= 0.6 is 34.8 Å². The Morgan fingerprint density at radius 2 is 1.51 bits per heavy atom. The summed E-state index contributed by atoms with van der Waals surface area (Å²) in [5.41, 5.74) is 2.99. The van der Waals surface area contributed by atoms with Crippen LogP contribution in [0.5, 0.6) is 0 Å². The molecule has 0 spiro atoms. The molecular weight excluding hydrogens is 653 g/mol. The number of halogens is 3. The average Bonchev–Trinajstić information content (AvgIpc) is 3.39. The second kappa shape index (κ2) is 12.5. The van der Waals surface area contributed by atoms with E-state index in [0.29, 0.717) is 33.4 Å². The molecule has 0 saturated heterocycles. The molecule has 1 N–H and O–H groups in total. The first-order valence-electron chi connectivity index (χ1n) is 13.1. The van der Waals surface area contributed by atoms with Crippen LogP contribution in [0.1, 0.15) is 16.7 Å². The number of hydrogen-bond acceptors (Lipinski definition) is 5. The van der Waals surface area contributed by atoms with Crippen molar-refractivity contribution in [2.75, 3.05) is 22.7 Å². The third kappa shape index (κ3) is 6.85. The summed E-state index contributed by atoms with van der Waals surface area (Å²) in [6.45, 7) is 1.43. The third-order valence-electron chi connectivity index (χ3n) is 6.95. The molecule has 0 aliphatic carbocycles. The van der Waals surface area contributed by atoms with Crippen molar-refractivity contribution in [3.63, 3.8) is 0 Å². The van der Waals surface area contributed by atoms with E-state index in [1.54, 1.807) is 48.5 Å². The molecule has 4 aromatic carbocycles. The highest BCUT2D eigenvalue weighted by Gasteiger charge is 2.32. The minimum Gasteiger partial charge on any atom is -0.325 e. The molecule has 8 nitrogen and oxygen atoms in total. The zero-order valence-electron chi connectivity index (χ0n) is 22.8. The molecule has 224 valence electrons. The lowest BCUT2D eigenvalue weighted by Gasteiger charge is -2.23. The maximum atomic E-state index is 13.7. The highest BCUT2D eigenvalue weighted by molar-refractivity contribution is 7.92. The normalized spacial score (nSPS) is 13.3. The number of carbonyl (C=O) groups excluding carboxylic acids is 1. The lowest BCUT2D eigenvalue weighted by Crippen LogP contribution is -2.37. The van der Waals surface area contributed by atoms with Crippen molar-refractivity contribution < 1.29 is 21.6 Å². The molecule has 4 aromatic rings.